The van der Waals surface area contributed by atoms with Gasteiger partial charge < -0.3 is 4.74 Å². The molecule has 92 valence electrons. The fraction of sp³-hybridized carbons (Fsp3) is 0.455. The SMILES string of the molecule is COc1csc(-c2n[nH]c(=S)n2C(C)(C)C)c1. The van der Waals surface area contributed by atoms with Gasteiger partial charge in [0, 0.05) is 17.0 Å². The van der Waals surface area contributed by atoms with E-state index >= 15 is 0 Å². The van der Waals surface area contributed by atoms with E-state index in [0.717, 1.165) is 16.5 Å². The summed E-state index contributed by atoms with van der Waals surface area (Å²) in [7, 11) is 1.66. The summed E-state index contributed by atoms with van der Waals surface area (Å²) in [4.78, 5) is 1.05. The molecule has 0 spiro atoms. The molecule has 0 amide bonds. The minimum atomic E-state index is -0.101. The largest absolute Gasteiger partial charge is 0.496 e. The van der Waals surface area contributed by atoms with E-state index in [1.165, 1.54) is 0 Å². The smallest absolute Gasteiger partial charge is 0.195 e. The van der Waals surface area contributed by atoms with Gasteiger partial charge in [-0.3, -0.25) is 9.67 Å². The third-order valence-corrected chi connectivity index (χ3v) is 3.55. The molecule has 0 aromatic carbocycles. The molecule has 0 fully saturated rings. The summed E-state index contributed by atoms with van der Waals surface area (Å²) in [5, 5.41) is 9.11. The van der Waals surface area contributed by atoms with Crippen LogP contribution in [-0.2, 0) is 5.54 Å². The molecule has 0 atom stereocenters. The van der Waals surface area contributed by atoms with Crippen LogP contribution < -0.4 is 4.74 Å². The van der Waals surface area contributed by atoms with Gasteiger partial charge in [-0.25, -0.2) is 0 Å². The number of thiophene rings is 1. The number of ether oxygens (including phenoxy) is 1. The zero-order chi connectivity index (χ0) is 12.6. The van der Waals surface area contributed by atoms with Crippen molar-refractivity contribution in [2.75, 3.05) is 7.11 Å². The lowest BCUT2D eigenvalue weighted by atomic mass is 10.1. The van der Waals surface area contributed by atoms with Crippen LogP contribution in [0.2, 0.25) is 0 Å². The molecule has 0 aliphatic heterocycles. The van der Waals surface area contributed by atoms with Crippen molar-refractivity contribution in [1.82, 2.24) is 14.8 Å². The lowest BCUT2D eigenvalue weighted by Crippen LogP contribution is -2.22. The number of H-pyrrole nitrogens is 1. The van der Waals surface area contributed by atoms with Crippen molar-refractivity contribution in [3.05, 3.63) is 16.2 Å². The Bertz CT molecular complexity index is 574. The fourth-order valence-electron chi connectivity index (χ4n) is 1.63. The zero-order valence-corrected chi connectivity index (χ0v) is 11.9. The van der Waals surface area contributed by atoms with Crippen LogP contribution in [0.1, 0.15) is 20.8 Å². The molecule has 17 heavy (non-hydrogen) atoms. The second-order valence-electron chi connectivity index (χ2n) is 4.71. The Hall–Kier alpha value is -1.14. The quantitative estimate of drug-likeness (QED) is 0.849. The van der Waals surface area contributed by atoms with Crippen LogP contribution in [0, 0.1) is 4.77 Å². The van der Waals surface area contributed by atoms with Crippen LogP contribution in [0.5, 0.6) is 5.75 Å². The number of aromatic nitrogens is 3. The highest BCUT2D eigenvalue weighted by atomic mass is 32.1. The van der Waals surface area contributed by atoms with Gasteiger partial charge in [0.15, 0.2) is 10.6 Å². The minimum Gasteiger partial charge on any atom is -0.496 e. The van der Waals surface area contributed by atoms with Crippen molar-refractivity contribution in [1.29, 1.82) is 0 Å². The highest BCUT2D eigenvalue weighted by Gasteiger charge is 2.21. The summed E-state index contributed by atoms with van der Waals surface area (Å²) < 4.78 is 7.85. The minimum absolute atomic E-state index is 0.101. The van der Waals surface area contributed by atoms with Crippen molar-refractivity contribution in [3.8, 4) is 16.5 Å². The van der Waals surface area contributed by atoms with Crippen LogP contribution in [0.3, 0.4) is 0 Å². The number of hydrogen-bond donors (Lipinski definition) is 1. The van der Waals surface area contributed by atoms with Crippen molar-refractivity contribution < 1.29 is 4.74 Å². The Balaban J connectivity index is 2.57. The molecule has 0 saturated heterocycles. The molecule has 2 heterocycles. The summed E-state index contributed by atoms with van der Waals surface area (Å²) in [5.74, 6) is 1.70. The van der Waals surface area contributed by atoms with Crippen molar-refractivity contribution in [2.45, 2.75) is 26.3 Å². The lowest BCUT2D eigenvalue weighted by molar-refractivity contribution is 0.395. The molecule has 2 rings (SSSR count). The Morgan fingerprint density at radius 1 is 1.47 bits per heavy atom. The topological polar surface area (TPSA) is 42.8 Å². The molecular formula is C11H15N3OS2. The van der Waals surface area contributed by atoms with Gasteiger partial charge in [0.1, 0.15) is 5.75 Å². The Morgan fingerprint density at radius 2 is 2.18 bits per heavy atom. The van der Waals surface area contributed by atoms with Gasteiger partial charge in [-0.1, -0.05) is 0 Å². The summed E-state index contributed by atoms with van der Waals surface area (Å²) in [6.07, 6.45) is 0. The first-order chi connectivity index (χ1) is 7.93. The van der Waals surface area contributed by atoms with E-state index in [4.69, 9.17) is 17.0 Å². The summed E-state index contributed by atoms with van der Waals surface area (Å²) >= 11 is 6.87. The number of rotatable bonds is 2. The Labute approximate surface area is 109 Å². The first-order valence-electron chi connectivity index (χ1n) is 5.24. The van der Waals surface area contributed by atoms with Gasteiger partial charge in [-0.05, 0) is 33.0 Å². The van der Waals surface area contributed by atoms with Gasteiger partial charge in [0.05, 0.1) is 12.0 Å². The predicted octanol–water partition coefficient (Wildman–Crippen LogP) is 3.43. The number of nitrogens with one attached hydrogen (secondary N) is 1. The standard InChI is InChI=1S/C11H15N3OS2/c1-11(2,3)14-9(12-13-10(14)16)8-5-7(15-4)6-17-8/h5-6H,1-4H3,(H,13,16). The van der Waals surface area contributed by atoms with Crippen LogP contribution in [0.4, 0.5) is 0 Å². The second-order valence-corrected chi connectivity index (χ2v) is 6.01. The first kappa shape index (κ1) is 12.3. The van der Waals surface area contributed by atoms with Gasteiger partial charge in [0.25, 0.3) is 0 Å². The van der Waals surface area contributed by atoms with E-state index in [1.54, 1.807) is 18.4 Å². The van der Waals surface area contributed by atoms with E-state index in [9.17, 15) is 0 Å². The normalized spacial score (nSPS) is 11.8. The molecule has 0 unspecified atom stereocenters. The third kappa shape index (κ3) is 2.28. The van der Waals surface area contributed by atoms with Gasteiger partial charge >= 0.3 is 0 Å². The van der Waals surface area contributed by atoms with E-state index in [0.29, 0.717) is 4.77 Å². The molecule has 0 radical (unpaired) electrons. The summed E-state index contributed by atoms with van der Waals surface area (Å²) in [6, 6.07) is 1.97. The number of aromatic amines is 1. The molecule has 0 saturated carbocycles. The van der Waals surface area contributed by atoms with Crippen molar-refractivity contribution in [2.24, 2.45) is 0 Å². The van der Waals surface area contributed by atoms with Crippen LogP contribution in [0.15, 0.2) is 11.4 Å². The average molecular weight is 269 g/mol. The number of hydrogen-bond acceptors (Lipinski definition) is 4. The lowest BCUT2D eigenvalue weighted by Gasteiger charge is -2.21. The van der Waals surface area contributed by atoms with Crippen LogP contribution in [-0.4, -0.2) is 21.9 Å². The van der Waals surface area contributed by atoms with E-state index in [1.807, 2.05) is 16.0 Å². The molecule has 6 heteroatoms. The monoisotopic (exact) mass is 269 g/mol. The maximum Gasteiger partial charge on any atom is 0.195 e. The van der Waals surface area contributed by atoms with E-state index in [-0.39, 0.29) is 5.54 Å². The van der Waals surface area contributed by atoms with Gasteiger partial charge in [0.2, 0.25) is 0 Å². The molecule has 4 nitrogen and oxygen atoms in total. The first-order valence-corrected chi connectivity index (χ1v) is 6.53. The maximum absolute atomic E-state index is 5.27. The molecule has 2 aromatic rings. The number of methoxy groups -OCH3 is 1. The number of nitrogens with zero attached hydrogens (tertiary/aromatic N) is 2. The summed E-state index contributed by atoms with van der Waals surface area (Å²) in [5.41, 5.74) is -0.101. The third-order valence-electron chi connectivity index (χ3n) is 2.37. The van der Waals surface area contributed by atoms with E-state index in [2.05, 4.69) is 31.0 Å². The highest BCUT2D eigenvalue weighted by Crippen LogP contribution is 2.32. The van der Waals surface area contributed by atoms with Crippen LogP contribution >= 0.6 is 23.6 Å². The highest BCUT2D eigenvalue weighted by molar-refractivity contribution is 7.71. The molecule has 2 aromatic heterocycles. The molecule has 0 aliphatic carbocycles. The fourth-order valence-corrected chi connectivity index (χ4v) is 2.87. The van der Waals surface area contributed by atoms with E-state index < -0.39 is 0 Å². The maximum atomic E-state index is 5.27. The van der Waals surface area contributed by atoms with Crippen LogP contribution in [0.25, 0.3) is 10.7 Å². The average Bonchev–Trinajstić information content (AvgIpc) is 2.81. The van der Waals surface area contributed by atoms with Crippen molar-refractivity contribution >= 4 is 23.6 Å². The van der Waals surface area contributed by atoms with Crippen molar-refractivity contribution in [3.63, 3.8) is 0 Å². The second kappa shape index (κ2) is 4.27. The Morgan fingerprint density at radius 3 is 2.71 bits per heavy atom. The summed E-state index contributed by atoms with van der Waals surface area (Å²) in [6.45, 7) is 6.31. The van der Waals surface area contributed by atoms with Gasteiger partial charge in [-0.15, -0.1) is 11.3 Å². The molecular weight excluding hydrogens is 254 g/mol. The Kier molecular flexibility index (Phi) is 3.09. The van der Waals surface area contributed by atoms with Gasteiger partial charge in [-0.2, -0.15) is 5.10 Å². The predicted molar refractivity (Wildman–Crippen MR) is 72.3 cm³/mol. The molecule has 1 N–H and O–H groups in total. The zero-order valence-electron chi connectivity index (χ0n) is 10.3. The molecule has 0 aliphatic rings. The molecule has 0 bridgehead atoms.